The van der Waals surface area contributed by atoms with Crippen molar-refractivity contribution in [2.45, 2.75) is 0 Å². The number of nitrogens with zero attached hydrogens (tertiary/aromatic N) is 2. The number of rotatable bonds is 3. The highest BCUT2D eigenvalue weighted by atomic mass is 35.5. The summed E-state index contributed by atoms with van der Waals surface area (Å²) >= 11 is 12.8. The summed E-state index contributed by atoms with van der Waals surface area (Å²) in [7, 11) is 0. The molecule has 2 rings (SSSR count). The van der Waals surface area contributed by atoms with Crippen LogP contribution in [0.5, 0.6) is 0 Å². The van der Waals surface area contributed by atoms with Crippen LogP contribution < -0.4 is 16.8 Å². The van der Waals surface area contributed by atoms with Crippen molar-refractivity contribution < 1.29 is 4.79 Å². The molecule has 0 unspecified atom stereocenters. The number of anilines is 1. The van der Waals surface area contributed by atoms with E-state index in [1.165, 1.54) is 0 Å². The van der Waals surface area contributed by atoms with Crippen LogP contribution in [0, 0.1) is 0 Å². The molecule has 2 aromatic rings. The number of amides is 1. The molecule has 0 saturated heterocycles. The van der Waals surface area contributed by atoms with Crippen LogP contribution in [0.4, 0.5) is 10.8 Å². The number of carbonyl (C=O) groups excluding carboxylic acids is 1. The lowest BCUT2D eigenvalue weighted by Crippen LogP contribution is -2.21. The number of carbonyl (C=O) groups is 1. The molecular formula is C11H9Cl2N5OS. The van der Waals surface area contributed by atoms with Crippen molar-refractivity contribution in [3.05, 3.63) is 39.3 Å². The Kier molecular flexibility index (Phi) is 4.43. The summed E-state index contributed by atoms with van der Waals surface area (Å²) in [5.41, 5.74) is 11.1. The van der Waals surface area contributed by atoms with Gasteiger partial charge in [0.2, 0.25) is 5.13 Å². The number of hydrogen-bond acceptors (Lipinski definition) is 4. The Bertz CT molecular complexity index is 661. The molecule has 0 atom stereocenters. The largest absolute Gasteiger partial charge is 0.370 e. The molecule has 1 amide bonds. The fourth-order valence-corrected chi connectivity index (χ4v) is 2.56. The Morgan fingerprint density at radius 2 is 1.90 bits per heavy atom. The highest BCUT2D eigenvalue weighted by molar-refractivity contribution is 7.13. The van der Waals surface area contributed by atoms with Crippen LogP contribution in [0.3, 0.4) is 0 Å². The Morgan fingerprint density at radius 1 is 1.25 bits per heavy atom. The van der Waals surface area contributed by atoms with Gasteiger partial charge in [0, 0.05) is 21.1 Å². The first-order chi connectivity index (χ1) is 9.44. The minimum Gasteiger partial charge on any atom is -0.370 e. The molecule has 0 aliphatic heterocycles. The summed E-state index contributed by atoms with van der Waals surface area (Å²) in [6.07, 6.45) is 0. The lowest BCUT2D eigenvalue weighted by Gasteiger charge is -2.04. The predicted molar refractivity (Wildman–Crippen MR) is 82.0 cm³/mol. The fraction of sp³-hybridized carbons (Fsp3) is 0. The average molecular weight is 330 g/mol. The molecule has 20 heavy (non-hydrogen) atoms. The second-order valence-electron chi connectivity index (χ2n) is 3.66. The number of benzene rings is 1. The number of thiazole rings is 1. The molecule has 1 heterocycles. The van der Waals surface area contributed by atoms with E-state index in [2.05, 4.69) is 15.3 Å². The maximum Gasteiger partial charge on any atom is 0.275 e. The van der Waals surface area contributed by atoms with Crippen LogP contribution in [0.1, 0.15) is 10.5 Å². The Labute approximate surface area is 128 Å². The zero-order chi connectivity index (χ0) is 14.7. The van der Waals surface area contributed by atoms with E-state index in [4.69, 9.17) is 34.7 Å². The molecule has 0 spiro atoms. The summed E-state index contributed by atoms with van der Waals surface area (Å²) < 4.78 is 0. The maximum absolute atomic E-state index is 12.0. The molecular weight excluding hydrogens is 321 g/mol. The Balaban J connectivity index is 2.15. The van der Waals surface area contributed by atoms with Crippen LogP contribution in [0.2, 0.25) is 10.0 Å². The molecule has 0 fully saturated rings. The van der Waals surface area contributed by atoms with Gasteiger partial charge in [-0.2, -0.15) is 4.99 Å². The van der Waals surface area contributed by atoms with E-state index in [-0.39, 0.29) is 11.7 Å². The summed E-state index contributed by atoms with van der Waals surface area (Å²) in [4.78, 5) is 19.7. The molecule has 9 heteroatoms. The minimum atomic E-state index is -0.406. The molecule has 1 aromatic heterocycles. The summed E-state index contributed by atoms with van der Waals surface area (Å²) in [5, 5.41) is 5.33. The SMILES string of the molecule is NC(N)=Nc1nc(C(=O)Nc2cc(Cl)cc(Cl)c2)cs1. The molecule has 0 radical (unpaired) electrons. The van der Waals surface area contributed by atoms with Gasteiger partial charge >= 0.3 is 0 Å². The van der Waals surface area contributed by atoms with Gasteiger partial charge in [0.05, 0.1) is 0 Å². The highest BCUT2D eigenvalue weighted by Crippen LogP contribution is 2.24. The van der Waals surface area contributed by atoms with Gasteiger partial charge in [-0.25, -0.2) is 4.98 Å². The number of aromatic nitrogens is 1. The number of hydrogen-bond donors (Lipinski definition) is 3. The van der Waals surface area contributed by atoms with Crippen LogP contribution in [-0.4, -0.2) is 16.9 Å². The third kappa shape index (κ3) is 3.83. The smallest absolute Gasteiger partial charge is 0.275 e. The van der Waals surface area contributed by atoms with Crippen molar-refractivity contribution in [3.8, 4) is 0 Å². The van der Waals surface area contributed by atoms with Gasteiger partial charge < -0.3 is 16.8 Å². The molecule has 0 aliphatic carbocycles. The topological polar surface area (TPSA) is 106 Å². The molecule has 0 aliphatic rings. The number of nitrogens with two attached hydrogens (primary N) is 2. The number of aliphatic imine (C=N–C) groups is 1. The number of halogens is 2. The van der Waals surface area contributed by atoms with Crippen LogP contribution >= 0.6 is 34.5 Å². The molecule has 0 bridgehead atoms. The van der Waals surface area contributed by atoms with Crippen LogP contribution in [0.15, 0.2) is 28.6 Å². The first-order valence-corrected chi connectivity index (χ1v) is 6.90. The quantitative estimate of drug-likeness (QED) is 0.594. The Morgan fingerprint density at radius 3 is 2.50 bits per heavy atom. The predicted octanol–water partition coefficient (Wildman–Crippen LogP) is 2.61. The summed E-state index contributed by atoms with van der Waals surface area (Å²) in [6.45, 7) is 0. The first-order valence-electron chi connectivity index (χ1n) is 5.26. The second kappa shape index (κ2) is 6.08. The normalized spacial score (nSPS) is 10.1. The van der Waals surface area contributed by atoms with Gasteiger partial charge in [-0.1, -0.05) is 23.2 Å². The third-order valence-electron chi connectivity index (χ3n) is 2.07. The van der Waals surface area contributed by atoms with E-state index in [1.54, 1.807) is 23.6 Å². The average Bonchev–Trinajstić information content (AvgIpc) is 2.75. The molecule has 104 valence electrons. The minimum absolute atomic E-state index is 0.118. The number of nitrogens with one attached hydrogen (secondary N) is 1. The lowest BCUT2D eigenvalue weighted by atomic mass is 10.3. The molecule has 1 aromatic carbocycles. The summed E-state index contributed by atoms with van der Waals surface area (Å²) in [6, 6.07) is 4.72. The monoisotopic (exact) mass is 329 g/mol. The molecule has 5 N–H and O–H groups in total. The zero-order valence-corrected chi connectivity index (χ0v) is 12.3. The third-order valence-corrected chi connectivity index (χ3v) is 3.24. The highest BCUT2D eigenvalue weighted by Gasteiger charge is 2.11. The van der Waals surface area contributed by atoms with E-state index in [9.17, 15) is 4.79 Å². The number of guanidine groups is 1. The Hall–Kier alpha value is -1.83. The lowest BCUT2D eigenvalue weighted by molar-refractivity contribution is 0.102. The van der Waals surface area contributed by atoms with Crippen molar-refractivity contribution in [3.63, 3.8) is 0 Å². The van der Waals surface area contributed by atoms with Crippen molar-refractivity contribution in [2.75, 3.05) is 5.32 Å². The first kappa shape index (κ1) is 14.6. The van der Waals surface area contributed by atoms with E-state index in [0.29, 0.717) is 20.9 Å². The van der Waals surface area contributed by atoms with E-state index >= 15 is 0 Å². The van der Waals surface area contributed by atoms with E-state index in [1.807, 2.05) is 0 Å². The van der Waals surface area contributed by atoms with Crippen molar-refractivity contribution in [1.29, 1.82) is 0 Å². The van der Waals surface area contributed by atoms with Crippen molar-refractivity contribution in [2.24, 2.45) is 16.5 Å². The standard InChI is InChI=1S/C11H9Cl2N5OS/c12-5-1-6(13)3-7(2-5)16-9(19)8-4-20-11(17-8)18-10(14)15/h1-4H,(H,16,19)(H4,14,15,17,18). The van der Waals surface area contributed by atoms with Crippen molar-refractivity contribution in [1.82, 2.24) is 4.98 Å². The van der Waals surface area contributed by atoms with E-state index < -0.39 is 5.91 Å². The van der Waals surface area contributed by atoms with Gasteiger partial charge in [0.25, 0.3) is 5.91 Å². The van der Waals surface area contributed by atoms with Crippen LogP contribution in [0.25, 0.3) is 0 Å². The van der Waals surface area contributed by atoms with Gasteiger partial charge in [0.1, 0.15) is 5.69 Å². The molecule has 0 saturated carbocycles. The van der Waals surface area contributed by atoms with Crippen LogP contribution in [-0.2, 0) is 0 Å². The van der Waals surface area contributed by atoms with Crippen molar-refractivity contribution >= 4 is 57.2 Å². The van der Waals surface area contributed by atoms with Gasteiger partial charge in [-0.15, -0.1) is 11.3 Å². The summed E-state index contributed by atoms with van der Waals surface area (Å²) in [5.74, 6) is -0.524. The maximum atomic E-state index is 12.0. The van der Waals surface area contributed by atoms with E-state index in [0.717, 1.165) is 11.3 Å². The van der Waals surface area contributed by atoms with Gasteiger partial charge in [0.15, 0.2) is 5.96 Å². The van der Waals surface area contributed by atoms with Gasteiger partial charge in [-0.05, 0) is 18.2 Å². The molecule has 6 nitrogen and oxygen atoms in total. The van der Waals surface area contributed by atoms with Gasteiger partial charge in [-0.3, -0.25) is 4.79 Å². The fourth-order valence-electron chi connectivity index (χ4n) is 1.35. The zero-order valence-electron chi connectivity index (χ0n) is 9.93. The second-order valence-corrected chi connectivity index (χ2v) is 5.37.